The normalized spacial score (nSPS) is 22.4. The first-order valence-electron chi connectivity index (χ1n) is 7.10. The summed E-state index contributed by atoms with van der Waals surface area (Å²) in [4.78, 5) is 12.4. The summed E-state index contributed by atoms with van der Waals surface area (Å²) in [6, 6.07) is 9.09. The van der Waals surface area contributed by atoms with E-state index in [0.717, 1.165) is 0 Å². The van der Waals surface area contributed by atoms with Crippen LogP contribution in [-0.2, 0) is 15.1 Å². The number of benzene rings is 1. The molecular weight excluding hydrogens is 252 g/mol. The van der Waals surface area contributed by atoms with Gasteiger partial charge >= 0.3 is 0 Å². The number of aliphatic hydroxyl groups is 1. The summed E-state index contributed by atoms with van der Waals surface area (Å²) in [6.07, 6.45) is 0.579. The summed E-state index contributed by atoms with van der Waals surface area (Å²) in [6.45, 7) is 7.89. The lowest BCUT2D eigenvalue weighted by Crippen LogP contribution is -2.49. The summed E-state index contributed by atoms with van der Waals surface area (Å²) in [5.74, 6) is 0.368. The van der Waals surface area contributed by atoms with E-state index < -0.39 is 5.60 Å². The van der Waals surface area contributed by atoms with Crippen molar-refractivity contribution < 1.29 is 14.6 Å². The molecule has 1 aliphatic carbocycles. The lowest BCUT2D eigenvalue weighted by Gasteiger charge is -2.41. The zero-order valence-electron chi connectivity index (χ0n) is 12.5. The average Bonchev–Trinajstić information content (AvgIpc) is 2.42. The van der Waals surface area contributed by atoms with Gasteiger partial charge in [0.25, 0.3) is 0 Å². The van der Waals surface area contributed by atoms with Crippen LogP contribution in [-0.4, -0.2) is 17.0 Å². The van der Waals surface area contributed by atoms with Gasteiger partial charge in [-0.1, -0.05) is 44.2 Å². The molecule has 1 aliphatic rings. The van der Waals surface area contributed by atoms with Gasteiger partial charge in [0, 0.05) is 5.57 Å². The molecule has 1 aromatic carbocycles. The molecule has 3 heteroatoms. The minimum absolute atomic E-state index is 0.0727. The number of carbonyl (C=O) groups excluding carboxylic acids is 1. The molecule has 1 aromatic rings. The molecule has 2 rings (SSSR count). The number of carbonyl (C=O) groups is 1. The largest absolute Gasteiger partial charge is 0.487 e. The summed E-state index contributed by atoms with van der Waals surface area (Å²) >= 11 is 0. The molecule has 1 unspecified atom stereocenters. The van der Waals surface area contributed by atoms with E-state index >= 15 is 0 Å². The van der Waals surface area contributed by atoms with E-state index in [0.29, 0.717) is 29.2 Å². The monoisotopic (exact) mass is 274 g/mol. The third kappa shape index (κ3) is 2.38. The van der Waals surface area contributed by atoms with Gasteiger partial charge in [0.2, 0.25) is 5.78 Å². The van der Waals surface area contributed by atoms with Crippen LogP contribution in [0, 0.1) is 5.92 Å². The Morgan fingerprint density at radius 2 is 1.75 bits per heavy atom. The van der Waals surface area contributed by atoms with Gasteiger partial charge in [0.1, 0.15) is 0 Å². The van der Waals surface area contributed by atoms with Crippen LogP contribution < -0.4 is 0 Å². The fourth-order valence-electron chi connectivity index (χ4n) is 2.53. The Morgan fingerprint density at radius 1 is 1.15 bits per heavy atom. The van der Waals surface area contributed by atoms with Crippen molar-refractivity contribution in [3.05, 3.63) is 47.2 Å². The Morgan fingerprint density at radius 3 is 2.25 bits per heavy atom. The van der Waals surface area contributed by atoms with Crippen molar-refractivity contribution in [3.8, 4) is 0 Å². The van der Waals surface area contributed by atoms with E-state index in [1.54, 1.807) is 12.1 Å². The van der Waals surface area contributed by atoms with Gasteiger partial charge in [0.15, 0.2) is 11.4 Å². The lowest BCUT2D eigenvalue weighted by molar-refractivity contribution is -0.142. The number of rotatable bonds is 5. The molecule has 0 heterocycles. The predicted octanol–water partition coefficient (Wildman–Crippen LogP) is 3.18. The van der Waals surface area contributed by atoms with Gasteiger partial charge in [-0.05, 0) is 31.7 Å². The third-order valence-electron chi connectivity index (χ3n) is 3.40. The standard InChI is InChI=1S/C17H22O3/c1-11(2)10-14-15(20-12(3)4)16(18)17(14,19)13-8-6-5-7-9-13/h5-9,11-12,19H,10H2,1-4H3. The maximum Gasteiger partial charge on any atom is 0.237 e. The zero-order valence-corrected chi connectivity index (χ0v) is 12.5. The van der Waals surface area contributed by atoms with Crippen molar-refractivity contribution in [3.63, 3.8) is 0 Å². The number of ketones is 1. The van der Waals surface area contributed by atoms with Crippen LogP contribution in [0.15, 0.2) is 41.7 Å². The molecule has 20 heavy (non-hydrogen) atoms. The number of Topliss-reactive ketones (excluding diaryl/α,β-unsaturated/α-hetero) is 1. The first-order chi connectivity index (χ1) is 9.37. The highest BCUT2D eigenvalue weighted by Gasteiger charge is 2.55. The topological polar surface area (TPSA) is 46.5 Å². The minimum Gasteiger partial charge on any atom is -0.487 e. The Bertz CT molecular complexity index is 528. The van der Waals surface area contributed by atoms with Gasteiger partial charge in [-0.25, -0.2) is 0 Å². The van der Waals surface area contributed by atoms with Crippen LogP contribution in [0.4, 0.5) is 0 Å². The molecule has 108 valence electrons. The molecular formula is C17H22O3. The van der Waals surface area contributed by atoms with Gasteiger partial charge < -0.3 is 9.84 Å². The van der Waals surface area contributed by atoms with E-state index in [9.17, 15) is 9.90 Å². The molecule has 3 nitrogen and oxygen atoms in total. The molecule has 0 bridgehead atoms. The maximum absolute atomic E-state index is 12.4. The molecule has 0 saturated heterocycles. The lowest BCUT2D eigenvalue weighted by atomic mass is 9.69. The average molecular weight is 274 g/mol. The SMILES string of the molecule is CC(C)CC1=C(OC(C)C)C(=O)C1(O)c1ccccc1. The molecule has 0 saturated carbocycles. The highest BCUT2D eigenvalue weighted by Crippen LogP contribution is 2.46. The second-order valence-corrected chi connectivity index (χ2v) is 5.98. The van der Waals surface area contributed by atoms with Crippen LogP contribution in [0.5, 0.6) is 0 Å². The van der Waals surface area contributed by atoms with Crippen LogP contribution >= 0.6 is 0 Å². The van der Waals surface area contributed by atoms with Crippen LogP contribution in [0.2, 0.25) is 0 Å². The zero-order chi connectivity index (χ0) is 14.9. The highest BCUT2D eigenvalue weighted by molar-refractivity contribution is 6.11. The molecule has 1 N–H and O–H groups in total. The molecule has 0 aliphatic heterocycles. The Hall–Kier alpha value is -1.61. The number of hydrogen-bond acceptors (Lipinski definition) is 3. The third-order valence-corrected chi connectivity index (χ3v) is 3.40. The van der Waals surface area contributed by atoms with Crippen molar-refractivity contribution >= 4 is 5.78 Å². The predicted molar refractivity (Wildman–Crippen MR) is 78.0 cm³/mol. The fourth-order valence-corrected chi connectivity index (χ4v) is 2.53. The van der Waals surface area contributed by atoms with E-state index in [1.165, 1.54) is 0 Å². The van der Waals surface area contributed by atoms with Gasteiger partial charge in [0.05, 0.1) is 6.10 Å². The minimum atomic E-state index is -1.50. The number of hydrogen-bond donors (Lipinski definition) is 1. The summed E-state index contributed by atoms with van der Waals surface area (Å²) in [5, 5.41) is 10.9. The molecule has 0 radical (unpaired) electrons. The van der Waals surface area contributed by atoms with Gasteiger partial charge in [-0.2, -0.15) is 0 Å². The molecule has 0 aromatic heterocycles. The van der Waals surface area contributed by atoms with E-state index in [1.807, 2.05) is 32.0 Å². The fraction of sp³-hybridized carbons (Fsp3) is 0.471. The Labute approximate surface area is 120 Å². The second-order valence-electron chi connectivity index (χ2n) is 5.98. The van der Waals surface area contributed by atoms with Crippen LogP contribution in [0.1, 0.15) is 39.7 Å². The van der Waals surface area contributed by atoms with E-state index in [-0.39, 0.29) is 11.9 Å². The Kier molecular flexibility index (Phi) is 4.00. The van der Waals surface area contributed by atoms with E-state index in [2.05, 4.69) is 13.8 Å². The van der Waals surface area contributed by atoms with Crippen LogP contribution in [0.25, 0.3) is 0 Å². The van der Waals surface area contributed by atoms with Gasteiger partial charge in [-0.3, -0.25) is 4.79 Å². The molecule has 0 amide bonds. The maximum atomic E-state index is 12.4. The van der Waals surface area contributed by atoms with Crippen LogP contribution in [0.3, 0.4) is 0 Å². The smallest absolute Gasteiger partial charge is 0.237 e. The van der Waals surface area contributed by atoms with E-state index in [4.69, 9.17) is 4.74 Å². The van der Waals surface area contributed by atoms with Crippen molar-refractivity contribution in [2.75, 3.05) is 0 Å². The molecule has 1 atom stereocenters. The highest BCUT2D eigenvalue weighted by atomic mass is 16.5. The number of ether oxygens (including phenoxy) is 1. The van der Waals surface area contributed by atoms with Crippen molar-refractivity contribution in [2.45, 2.75) is 45.8 Å². The summed E-state index contributed by atoms with van der Waals surface area (Å²) in [7, 11) is 0. The second kappa shape index (κ2) is 5.41. The quantitative estimate of drug-likeness (QED) is 0.897. The molecule has 0 spiro atoms. The van der Waals surface area contributed by atoms with Gasteiger partial charge in [-0.15, -0.1) is 0 Å². The van der Waals surface area contributed by atoms with Crippen molar-refractivity contribution in [1.29, 1.82) is 0 Å². The first-order valence-corrected chi connectivity index (χ1v) is 7.10. The molecule has 0 fully saturated rings. The summed E-state index contributed by atoms with van der Waals surface area (Å²) in [5.41, 5.74) is -0.176. The van der Waals surface area contributed by atoms with Crippen molar-refractivity contribution in [1.82, 2.24) is 0 Å². The summed E-state index contributed by atoms with van der Waals surface area (Å²) < 4.78 is 5.60. The Balaban J connectivity index is 2.44. The van der Waals surface area contributed by atoms with Crippen molar-refractivity contribution in [2.24, 2.45) is 5.92 Å². The first kappa shape index (κ1) is 14.8.